The summed E-state index contributed by atoms with van der Waals surface area (Å²) in [6.45, 7) is 5.53. The van der Waals surface area contributed by atoms with E-state index in [4.69, 9.17) is 10.00 Å². The number of ether oxygens (including phenoxy) is 1. The molecule has 0 radical (unpaired) electrons. The molecule has 1 fully saturated rings. The smallest absolute Gasteiger partial charge is 0.317 e. The van der Waals surface area contributed by atoms with Crippen LogP contribution in [0, 0.1) is 39.9 Å². The van der Waals surface area contributed by atoms with Gasteiger partial charge in [0.25, 0.3) is 0 Å². The van der Waals surface area contributed by atoms with Gasteiger partial charge in [0.05, 0.1) is 25.2 Å². The number of nitriles is 2. The Bertz CT molecular complexity index is 501. The molecule has 94 valence electrons. The maximum atomic E-state index is 12.0. The van der Waals surface area contributed by atoms with Crippen LogP contribution in [0.25, 0.3) is 0 Å². The summed E-state index contributed by atoms with van der Waals surface area (Å²) in [5.74, 6) is -1.10. The predicted octanol–water partition coefficient (Wildman–Crippen LogP) is 2.35. The highest BCUT2D eigenvalue weighted by atomic mass is 16.5. The number of methoxy groups -OCH3 is 1. The fraction of sp³-hybridized carbons (Fsp3) is 0.500. The summed E-state index contributed by atoms with van der Waals surface area (Å²) in [4.78, 5) is 12.0. The molecule has 0 amide bonds. The quantitative estimate of drug-likeness (QED) is 0.434. The van der Waals surface area contributed by atoms with Crippen molar-refractivity contribution in [1.29, 1.82) is 10.5 Å². The molecule has 0 aliphatic heterocycles. The molecule has 0 bridgehead atoms. The second-order valence-electron chi connectivity index (χ2n) is 4.69. The van der Waals surface area contributed by atoms with Crippen LogP contribution in [0.2, 0.25) is 0 Å². The monoisotopic (exact) mass is 244 g/mol. The van der Waals surface area contributed by atoms with E-state index >= 15 is 0 Å². The number of esters is 1. The van der Waals surface area contributed by atoms with Crippen LogP contribution in [-0.4, -0.2) is 13.1 Å². The average molecular weight is 244 g/mol. The van der Waals surface area contributed by atoms with Gasteiger partial charge in [-0.3, -0.25) is 4.79 Å². The maximum Gasteiger partial charge on any atom is 0.317 e. The van der Waals surface area contributed by atoms with Gasteiger partial charge in [-0.15, -0.1) is 0 Å². The first-order valence-corrected chi connectivity index (χ1v) is 5.66. The van der Waals surface area contributed by atoms with Crippen LogP contribution in [0.3, 0.4) is 0 Å². The van der Waals surface area contributed by atoms with Crippen molar-refractivity contribution in [3.63, 3.8) is 0 Å². The van der Waals surface area contributed by atoms with E-state index in [0.717, 1.165) is 5.57 Å². The Morgan fingerprint density at radius 3 is 2.33 bits per heavy atom. The van der Waals surface area contributed by atoms with Crippen molar-refractivity contribution >= 4 is 5.97 Å². The van der Waals surface area contributed by atoms with Crippen molar-refractivity contribution < 1.29 is 9.53 Å². The molecule has 1 rings (SSSR count). The molecular formula is C14H16N2O2. The number of carbonyl (C=O) groups is 1. The highest BCUT2D eigenvalue weighted by Crippen LogP contribution is 2.64. The largest absolute Gasteiger partial charge is 0.468 e. The Kier molecular flexibility index (Phi) is 3.93. The van der Waals surface area contributed by atoms with Crippen molar-refractivity contribution in [3.05, 3.63) is 23.3 Å². The van der Waals surface area contributed by atoms with Crippen molar-refractivity contribution in [2.75, 3.05) is 7.11 Å². The maximum absolute atomic E-state index is 12.0. The minimum atomic E-state index is -0.976. The van der Waals surface area contributed by atoms with Crippen LogP contribution < -0.4 is 0 Å². The van der Waals surface area contributed by atoms with Crippen LogP contribution in [-0.2, 0) is 9.53 Å². The highest BCUT2D eigenvalue weighted by molar-refractivity contribution is 5.87. The Labute approximate surface area is 107 Å². The lowest BCUT2D eigenvalue weighted by Gasteiger charge is -2.14. The molecule has 3 atom stereocenters. The third-order valence-electron chi connectivity index (χ3n) is 3.38. The Hall–Kier alpha value is -2.07. The molecule has 4 heteroatoms. The van der Waals surface area contributed by atoms with E-state index in [9.17, 15) is 10.1 Å². The summed E-state index contributed by atoms with van der Waals surface area (Å²) in [5, 5.41) is 17.9. The molecular weight excluding hydrogens is 228 g/mol. The second kappa shape index (κ2) is 5.06. The van der Waals surface area contributed by atoms with Crippen molar-refractivity contribution in [2.24, 2.45) is 17.3 Å². The lowest BCUT2D eigenvalue weighted by atomic mass is 9.92. The summed E-state index contributed by atoms with van der Waals surface area (Å²) in [6, 6.07) is 4.06. The van der Waals surface area contributed by atoms with Crippen molar-refractivity contribution in [2.45, 2.75) is 20.8 Å². The van der Waals surface area contributed by atoms with E-state index in [0.29, 0.717) is 5.57 Å². The zero-order valence-electron chi connectivity index (χ0n) is 11.0. The fourth-order valence-corrected chi connectivity index (χ4v) is 2.50. The van der Waals surface area contributed by atoms with Gasteiger partial charge in [0, 0.05) is 12.0 Å². The van der Waals surface area contributed by atoms with Crippen LogP contribution in [0.15, 0.2) is 23.3 Å². The van der Waals surface area contributed by atoms with Crippen molar-refractivity contribution in [3.8, 4) is 12.1 Å². The number of rotatable bonds is 3. The minimum Gasteiger partial charge on any atom is -0.468 e. The standard InChI is InChI=1S/C14H16N2O2/c1-9(2)7-11-12(8-16)14(11,13(17)18-4)10(3)5-6-15/h5,7,11-12H,1-4H3/b10-5+/t11-,12+,14-/m0/s1. The Morgan fingerprint density at radius 1 is 1.33 bits per heavy atom. The van der Waals surface area contributed by atoms with E-state index in [2.05, 4.69) is 6.07 Å². The van der Waals surface area contributed by atoms with Gasteiger partial charge in [0.2, 0.25) is 0 Å². The van der Waals surface area contributed by atoms with E-state index in [-0.39, 0.29) is 5.92 Å². The molecule has 1 aliphatic rings. The van der Waals surface area contributed by atoms with Crippen molar-refractivity contribution in [1.82, 2.24) is 0 Å². The molecule has 0 aromatic carbocycles. The summed E-state index contributed by atoms with van der Waals surface area (Å²) < 4.78 is 4.82. The summed E-state index contributed by atoms with van der Waals surface area (Å²) in [5.41, 5.74) is 0.651. The van der Waals surface area contributed by atoms with Gasteiger partial charge in [-0.2, -0.15) is 10.5 Å². The topological polar surface area (TPSA) is 73.9 Å². The third kappa shape index (κ3) is 1.91. The molecule has 0 aromatic heterocycles. The van der Waals surface area contributed by atoms with Gasteiger partial charge in [-0.25, -0.2) is 0 Å². The molecule has 0 unspecified atom stereocenters. The normalized spacial score (nSPS) is 29.8. The third-order valence-corrected chi connectivity index (χ3v) is 3.38. The van der Waals surface area contributed by atoms with Crippen LogP contribution in [0.4, 0.5) is 0 Å². The molecule has 0 aromatic rings. The number of hydrogen-bond acceptors (Lipinski definition) is 4. The number of hydrogen-bond donors (Lipinski definition) is 0. The number of nitrogens with zero attached hydrogens (tertiary/aromatic N) is 2. The summed E-state index contributed by atoms with van der Waals surface area (Å²) in [7, 11) is 1.30. The molecule has 18 heavy (non-hydrogen) atoms. The van der Waals surface area contributed by atoms with E-state index in [1.807, 2.05) is 26.0 Å². The first-order chi connectivity index (χ1) is 8.46. The van der Waals surface area contributed by atoms with Gasteiger partial charge in [0.15, 0.2) is 0 Å². The van der Waals surface area contributed by atoms with Crippen LogP contribution in [0.1, 0.15) is 20.8 Å². The molecule has 4 nitrogen and oxygen atoms in total. The second-order valence-corrected chi connectivity index (χ2v) is 4.69. The highest BCUT2D eigenvalue weighted by Gasteiger charge is 2.71. The molecule has 1 aliphatic carbocycles. The fourth-order valence-electron chi connectivity index (χ4n) is 2.50. The Balaban J connectivity index is 3.30. The van der Waals surface area contributed by atoms with Gasteiger partial charge < -0.3 is 4.74 Å². The van der Waals surface area contributed by atoms with Gasteiger partial charge in [-0.05, 0) is 26.3 Å². The lowest BCUT2D eigenvalue weighted by molar-refractivity contribution is -0.146. The molecule has 0 heterocycles. The van der Waals surface area contributed by atoms with Gasteiger partial charge in [-0.1, -0.05) is 11.6 Å². The Morgan fingerprint density at radius 2 is 1.94 bits per heavy atom. The van der Waals surface area contributed by atoms with E-state index in [1.165, 1.54) is 13.2 Å². The van der Waals surface area contributed by atoms with Gasteiger partial charge >= 0.3 is 5.97 Å². The molecule has 0 spiro atoms. The zero-order chi connectivity index (χ0) is 13.9. The number of allylic oxidation sites excluding steroid dienone is 3. The SMILES string of the molecule is COC(=O)[C@]1(/C(C)=C/C#N)[C@H](C#N)[C@@H]1C=C(C)C. The summed E-state index contributed by atoms with van der Waals surface area (Å²) >= 11 is 0. The predicted molar refractivity (Wildman–Crippen MR) is 65.8 cm³/mol. The summed E-state index contributed by atoms with van der Waals surface area (Å²) in [6.07, 6.45) is 3.22. The van der Waals surface area contributed by atoms with Crippen LogP contribution >= 0.6 is 0 Å². The van der Waals surface area contributed by atoms with Crippen LogP contribution in [0.5, 0.6) is 0 Å². The molecule has 0 saturated heterocycles. The first-order valence-electron chi connectivity index (χ1n) is 5.66. The lowest BCUT2D eigenvalue weighted by Crippen LogP contribution is -2.22. The first kappa shape index (κ1) is 14.0. The number of carbonyl (C=O) groups excluding carboxylic acids is 1. The molecule has 1 saturated carbocycles. The van der Waals surface area contributed by atoms with E-state index < -0.39 is 17.3 Å². The zero-order valence-corrected chi connectivity index (χ0v) is 11.0. The molecule has 0 N–H and O–H groups in total. The van der Waals surface area contributed by atoms with E-state index in [1.54, 1.807) is 6.92 Å². The van der Waals surface area contributed by atoms with Gasteiger partial charge in [0.1, 0.15) is 5.41 Å². The minimum absolute atomic E-state index is 0.204. The average Bonchev–Trinajstić information content (AvgIpc) is 2.96.